The molecule has 0 aliphatic carbocycles. The van der Waals surface area contributed by atoms with E-state index in [4.69, 9.17) is 0 Å². The Morgan fingerprint density at radius 2 is 1.65 bits per heavy atom. The summed E-state index contributed by atoms with van der Waals surface area (Å²) in [6.45, 7) is 2.00. The fourth-order valence-corrected chi connectivity index (χ4v) is 2.47. The molecule has 0 saturated carbocycles. The minimum atomic E-state index is -0.165. The fraction of sp³-hybridized carbons (Fsp3) is 0.263. The molecule has 1 atom stereocenters. The Balaban J connectivity index is 2.03. The first-order valence-electron chi connectivity index (χ1n) is 7.79. The third-order valence-corrected chi connectivity index (χ3v) is 3.79. The lowest BCUT2D eigenvalue weighted by molar-refractivity contribution is -0.120. The topological polar surface area (TPSA) is 58.2 Å². The molecular formula is C19H22N2O2. The van der Waals surface area contributed by atoms with Crippen LogP contribution in [-0.2, 0) is 16.0 Å². The lowest BCUT2D eigenvalue weighted by Gasteiger charge is -2.15. The number of amides is 2. The Morgan fingerprint density at radius 3 is 2.22 bits per heavy atom. The predicted octanol–water partition coefficient (Wildman–Crippen LogP) is 3.11. The van der Waals surface area contributed by atoms with E-state index in [1.54, 1.807) is 7.05 Å². The minimum absolute atomic E-state index is 0.0160. The monoisotopic (exact) mass is 310 g/mol. The van der Waals surface area contributed by atoms with E-state index in [0.717, 1.165) is 23.2 Å². The van der Waals surface area contributed by atoms with Gasteiger partial charge in [0.2, 0.25) is 11.8 Å². The van der Waals surface area contributed by atoms with Crippen LogP contribution in [0.3, 0.4) is 0 Å². The van der Waals surface area contributed by atoms with E-state index in [1.807, 2.05) is 61.5 Å². The van der Waals surface area contributed by atoms with Crippen LogP contribution in [0.4, 0.5) is 5.69 Å². The number of hydrogen-bond acceptors (Lipinski definition) is 2. The van der Waals surface area contributed by atoms with Crippen LogP contribution in [0.1, 0.15) is 30.4 Å². The van der Waals surface area contributed by atoms with E-state index >= 15 is 0 Å². The highest BCUT2D eigenvalue weighted by atomic mass is 16.2. The van der Waals surface area contributed by atoms with E-state index in [0.29, 0.717) is 6.42 Å². The van der Waals surface area contributed by atoms with Gasteiger partial charge >= 0.3 is 0 Å². The molecule has 23 heavy (non-hydrogen) atoms. The second-order valence-electron chi connectivity index (χ2n) is 5.41. The molecule has 120 valence electrons. The molecule has 0 bridgehead atoms. The number of anilines is 1. The summed E-state index contributed by atoms with van der Waals surface area (Å²) in [5.41, 5.74) is 2.67. The van der Waals surface area contributed by atoms with Crippen LogP contribution in [0.2, 0.25) is 0 Å². The molecule has 2 aromatic rings. The van der Waals surface area contributed by atoms with Crippen LogP contribution >= 0.6 is 0 Å². The molecule has 0 fully saturated rings. The molecule has 2 N–H and O–H groups in total. The molecule has 0 radical (unpaired) electrons. The van der Waals surface area contributed by atoms with Crippen molar-refractivity contribution in [3.05, 3.63) is 65.7 Å². The van der Waals surface area contributed by atoms with Crippen molar-refractivity contribution in [1.29, 1.82) is 0 Å². The summed E-state index contributed by atoms with van der Waals surface area (Å²) in [7, 11) is 1.62. The van der Waals surface area contributed by atoms with Gasteiger partial charge in [-0.2, -0.15) is 0 Å². The van der Waals surface area contributed by atoms with E-state index < -0.39 is 0 Å². The van der Waals surface area contributed by atoms with Gasteiger partial charge in [0.05, 0.1) is 12.3 Å². The lowest BCUT2D eigenvalue weighted by Crippen LogP contribution is -2.21. The average Bonchev–Trinajstić information content (AvgIpc) is 2.58. The number of hydrogen-bond donors (Lipinski definition) is 2. The Kier molecular flexibility index (Phi) is 5.92. The molecule has 0 aliphatic rings. The summed E-state index contributed by atoms with van der Waals surface area (Å²) in [6, 6.07) is 17.1. The van der Waals surface area contributed by atoms with Gasteiger partial charge in [0, 0.05) is 12.7 Å². The van der Waals surface area contributed by atoms with Gasteiger partial charge in [-0.15, -0.1) is 0 Å². The normalized spacial score (nSPS) is 11.6. The standard InChI is InChI=1S/C19H22N2O2/c1-3-17(15-7-5-4-6-8-15)19(23)21-16-11-9-14(10-12-16)13-18(22)20-2/h4-12,17H,3,13H2,1-2H3,(H,20,22)(H,21,23). The van der Waals surface area contributed by atoms with Gasteiger partial charge in [0.1, 0.15) is 0 Å². The molecule has 4 nitrogen and oxygen atoms in total. The summed E-state index contributed by atoms with van der Waals surface area (Å²) in [4.78, 5) is 23.8. The first-order chi connectivity index (χ1) is 11.1. The summed E-state index contributed by atoms with van der Waals surface area (Å²) in [5.74, 6) is -0.212. The zero-order valence-corrected chi connectivity index (χ0v) is 13.5. The number of nitrogens with one attached hydrogen (secondary N) is 2. The number of carbonyl (C=O) groups excluding carboxylic acids is 2. The fourth-order valence-electron chi connectivity index (χ4n) is 2.47. The minimum Gasteiger partial charge on any atom is -0.359 e. The second-order valence-corrected chi connectivity index (χ2v) is 5.41. The van der Waals surface area contributed by atoms with Gasteiger partial charge in [-0.25, -0.2) is 0 Å². The number of likely N-dealkylation sites (N-methyl/N-ethyl adjacent to an activating group) is 1. The van der Waals surface area contributed by atoms with Crippen molar-refractivity contribution in [2.45, 2.75) is 25.7 Å². The molecule has 4 heteroatoms. The lowest BCUT2D eigenvalue weighted by atomic mass is 9.95. The SMILES string of the molecule is CCC(C(=O)Nc1ccc(CC(=O)NC)cc1)c1ccccc1. The van der Waals surface area contributed by atoms with E-state index in [2.05, 4.69) is 10.6 Å². The third kappa shape index (κ3) is 4.68. The van der Waals surface area contributed by atoms with Crippen molar-refractivity contribution in [3.63, 3.8) is 0 Å². The third-order valence-electron chi connectivity index (χ3n) is 3.79. The summed E-state index contributed by atoms with van der Waals surface area (Å²) in [6.07, 6.45) is 1.08. The highest BCUT2D eigenvalue weighted by Gasteiger charge is 2.18. The number of benzene rings is 2. The summed E-state index contributed by atoms with van der Waals surface area (Å²) >= 11 is 0. The maximum Gasteiger partial charge on any atom is 0.231 e. The number of carbonyl (C=O) groups is 2. The molecule has 0 spiro atoms. The van der Waals surface area contributed by atoms with Gasteiger partial charge in [-0.05, 0) is 29.7 Å². The van der Waals surface area contributed by atoms with Gasteiger partial charge in [0.25, 0.3) is 0 Å². The van der Waals surface area contributed by atoms with Crippen LogP contribution < -0.4 is 10.6 Å². The van der Waals surface area contributed by atoms with Crippen LogP contribution in [0.15, 0.2) is 54.6 Å². The van der Waals surface area contributed by atoms with Crippen molar-refractivity contribution in [1.82, 2.24) is 5.32 Å². The van der Waals surface area contributed by atoms with Gasteiger partial charge in [-0.3, -0.25) is 9.59 Å². The van der Waals surface area contributed by atoms with Gasteiger partial charge < -0.3 is 10.6 Å². The van der Waals surface area contributed by atoms with Crippen molar-refractivity contribution in [3.8, 4) is 0 Å². The Hall–Kier alpha value is -2.62. The van der Waals surface area contributed by atoms with Gasteiger partial charge in [0.15, 0.2) is 0 Å². The molecule has 2 aromatic carbocycles. The maximum atomic E-state index is 12.5. The van der Waals surface area contributed by atoms with Crippen molar-refractivity contribution < 1.29 is 9.59 Å². The van der Waals surface area contributed by atoms with Crippen LogP contribution in [0.5, 0.6) is 0 Å². The van der Waals surface area contributed by atoms with E-state index in [-0.39, 0.29) is 17.7 Å². The Labute approximate surface area is 136 Å². The average molecular weight is 310 g/mol. The maximum absolute atomic E-state index is 12.5. The Bertz CT molecular complexity index is 651. The van der Waals surface area contributed by atoms with Crippen LogP contribution in [-0.4, -0.2) is 18.9 Å². The predicted molar refractivity (Wildman–Crippen MR) is 92.3 cm³/mol. The molecule has 0 heterocycles. The van der Waals surface area contributed by atoms with Crippen molar-refractivity contribution in [2.75, 3.05) is 12.4 Å². The molecule has 0 aliphatic heterocycles. The van der Waals surface area contributed by atoms with Gasteiger partial charge in [-0.1, -0.05) is 49.4 Å². The molecule has 0 saturated heterocycles. The highest BCUT2D eigenvalue weighted by molar-refractivity contribution is 5.95. The zero-order chi connectivity index (χ0) is 16.7. The molecule has 1 unspecified atom stereocenters. The smallest absolute Gasteiger partial charge is 0.231 e. The van der Waals surface area contributed by atoms with Crippen LogP contribution in [0.25, 0.3) is 0 Å². The van der Waals surface area contributed by atoms with Crippen molar-refractivity contribution >= 4 is 17.5 Å². The number of rotatable bonds is 6. The highest BCUT2D eigenvalue weighted by Crippen LogP contribution is 2.21. The first kappa shape index (κ1) is 16.7. The van der Waals surface area contributed by atoms with Crippen molar-refractivity contribution in [2.24, 2.45) is 0 Å². The molecule has 2 rings (SSSR count). The molecule has 2 amide bonds. The van der Waals surface area contributed by atoms with E-state index in [9.17, 15) is 9.59 Å². The molecular weight excluding hydrogens is 288 g/mol. The van der Waals surface area contributed by atoms with Crippen LogP contribution in [0, 0.1) is 0 Å². The second kappa shape index (κ2) is 8.13. The Morgan fingerprint density at radius 1 is 1.00 bits per heavy atom. The first-order valence-corrected chi connectivity index (χ1v) is 7.79. The quantitative estimate of drug-likeness (QED) is 0.861. The molecule has 0 aromatic heterocycles. The zero-order valence-electron chi connectivity index (χ0n) is 13.5. The summed E-state index contributed by atoms with van der Waals surface area (Å²) in [5, 5.41) is 5.54. The largest absolute Gasteiger partial charge is 0.359 e. The van der Waals surface area contributed by atoms with E-state index in [1.165, 1.54) is 0 Å². The summed E-state index contributed by atoms with van der Waals surface area (Å²) < 4.78 is 0.